The minimum Gasteiger partial charge on any atom is -0.396 e. The van der Waals surface area contributed by atoms with Crippen LogP contribution in [0.3, 0.4) is 0 Å². The Bertz CT molecular complexity index is 550. The molecular weight excluding hydrogens is 364 g/mol. The van der Waals surface area contributed by atoms with Crippen molar-refractivity contribution in [1.29, 1.82) is 0 Å². The highest BCUT2D eigenvalue weighted by atomic mass is 32.2. The van der Waals surface area contributed by atoms with Gasteiger partial charge in [0.15, 0.2) is 5.96 Å². The normalized spacial score (nSPS) is 20.9. The lowest BCUT2D eigenvalue weighted by atomic mass is 9.72. The predicted molar refractivity (Wildman–Crippen MR) is 110 cm³/mol. The van der Waals surface area contributed by atoms with Gasteiger partial charge in [-0.25, -0.2) is 13.1 Å². The van der Waals surface area contributed by atoms with Crippen molar-refractivity contribution in [2.75, 3.05) is 38.5 Å². The zero-order valence-electron chi connectivity index (χ0n) is 16.8. The van der Waals surface area contributed by atoms with E-state index >= 15 is 0 Å². The molecule has 2 aliphatic rings. The Hall–Kier alpha value is -0.860. The summed E-state index contributed by atoms with van der Waals surface area (Å²) in [5.74, 6) is 1.23. The number of aliphatic hydroxyl groups is 1. The second-order valence-corrected chi connectivity index (χ2v) is 10.0. The molecule has 7 nitrogen and oxygen atoms in total. The van der Waals surface area contributed by atoms with Crippen molar-refractivity contribution in [2.24, 2.45) is 16.3 Å². The van der Waals surface area contributed by atoms with Crippen LogP contribution >= 0.6 is 0 Å². The summed E-state index contributed by atoms with van der Waals surface area (Å²) >= 11 is 0. The molecule has 0 amide bonds. The predicted octanol–water partition coefficient (Wildman–Crippen LogP) is 1.59. The SMILES string of the molecule is CCNC(=NCC1(CCO)CCCCC1)NCCS(=O)(=O)NCC1CCC1. The molecule has 2 fully saturated rings. The third-order valence-electron chi connectivity index (χ3n) is 5.95. The molecule has 0 unspecified atom stereocenters. The average molecular weight is 403 g/mol. The van der Waals surface area contributed by atoms with Crippen LogP contribution in [-0.4, -0.2) is 58.0 Å². The minimum absolute atomic E-state index is 0.0475. The zero-order chi connectivity index (χ0) is 19.6. The average Bonchev–Trinajstić information content (AvgIpc) is 2.59. The zero-order valence-corrected chi connectivity index (χ0v) is 17.6. The maximum Gasteiger partial charge on any atom is 0.213 e. The molecule has 2 saturated carbocycles. The van der Waals surface area contributed by atoms with E-state index in [1.54, 1.807) is 0 Å². The van der Waals surface area contributed by atoms with Gasteiger partial charge in [-0.15, -0.1) is 0 Å². The first-order valence-electron chi connectivity index (χ1n) is 10.6. The summed E-state index contributed by atoms with van der Waals surface area (Å²) in [6.45, 7) is 4.50. The fourth-order valence-electron chi connectivity index (χ4n) is 3.93. The standard InChI is InChI=1S/C19H38N4O3S/c1-2-20-18(22-16-19(11-13-24)9-4-3-5-10-19)21-12-14-27(25,26)23-15-17-7-6-8-17/h17,23-24H,2-16H2,1H3,(H2,20,21,22). The number of aliphatic hydroxyl groups excluding tert-OH is 1. The molecule has 0 spiro atoms. The molecule has 0 saturated heterocycles. The number of sulfonamides is 1. The molecule has 0 aromatic heterocycles. The van der Waals surface area contributed by atoms with Crippen LogP contribution in [0.25, 0.3) is 0 Å². The largest absolute Gasteiger partial charge is 0.396 e. The van der Waals surface area contributed by atoms with Crippen molar-refractivity contribution >= 4 is 16.0 Å². The molecule has 27 heavy (non-hydrogen) atoms. The van der Waals surface area contributed by atoms with E-state index in [0.29, 0.717) is 31.5 Å². The molecule has 2 aliphatic carbocycles. The van der Waals surface area contributed by atoms with Gasteiger partial charge in [-0.1, -0.05) is 25.7 Å². The van der Waals surface area contributed by atoms with E-state index in [0.717, 1.165) is 38.6 Å². The van der Waals surface area contributed by atoms with Gasteiger partial charge in [-0.2, -0.15) is 0 Å². The van der Waals surface area contributed by atoms with Gasteiger partial charge in [0, 0.05) is 32.8 Å². The lowest BCUT2D eigenvalue weighted by Crippen LogP contribution is -2.42. The summed E-state index contributed by atoms with van der Waals surface area (Å²) in [4.78, 5) is 4.71. The van der Waals surface area contributed by atoms with Crippen LogP contribution in [0.2, 0.25) is 0 Å². The second-order valence-electron chi connectivity index (χ2n) is 8.12. The molecule has 0 bridgehead atoms. The van der Waals surface area contributed by atoms with Crippen LogP contribution in [0.5, 0.6) is 0 Å². The van der Waals surface area contributed by atoms with Crippen molar-refractivity contribution in [3.63, 3.8) is 0 Å². The van der Waals surface area contributed by atoms with Crippen molar-refractivity contribution in [2.45, 2.75) is 64.7 Å². The van der Waals surface area contributed by atoms with Crippen LogP contribution in [0.4, 0.5) is 0 Å². The summed E-state index contributed by atoms with van der Waals surface area (Å²) in [7, 11) is -3.25. The van der Waals surface area contributed by atoms with Crippen molar-refractivity contribution < 1.29 is 13.5 Å². The lowest BCUT2D eigenvalue weighted by molar-refractivity contribution is 0.137. The number of rotatable bonds is 11. The van der Waals surface area contributed by atoms with Crippen LogP contribution in [0, 0.1) is 11.3 Å². The van der Waals surface area contributed by atoms with Gasteiger partial charge < -0.3 is 15.7 Å². The Labute approximate surface area is 164 Å². The highest BCUT2D eigenvalue weighted by molar-refractivity contribution is 7.89. The maximum absolute atomic E-state index is 12.1. The smallest absolute Gasteiger partial charge is 0.213 e. The Morgan fingerprint density at radius 1 is 1.15 bits per heavy atom. The van der Waals surface area contributed by atoms with Gasteiger partial charge >= 0.3 is 0 Å². The van der Waals surface area contributed by atoms with Crippen molar-refractivity contribution in [1.82, 2.24) is 15.4 Å². The van der Waals surface area contributed by atoms with E-state index < -0.39 is 10.0 Å². The molecule has 0 radical (unpaired) electrons. The highest BCUT2D eigenvalue weighted by Gasteiger charge is 2.31. The van der Waals surface area contributed by atoms with Crippen LogP contribution in [0.15, 0.2) is 4.99 Å². The second kappa shape index (κ2) is 11.2. The first-order chi connectivity index (χ1) is 13.0. The van der Waals surface area contributed by atoms with Gasteiger partial charge in [0.2, 0.25) is 10.0 Å². The molecule has 0 heterocycles. The van der Waals surface area contributed by atoms with E-state index in [1.807, 2.05) is 6.92 Å². The summed E-state index contributed by atoms with van der Waals surface area (Å²) in [5.41, 5.74) is 0.0890. The number of hydrogen-bond acceptors (Lipinski definition) is 4. The first-order valence-corrected chi connectivity index (χ1v) is 12.2. The topological polar surface area (TPSA) is 103 Å². The summed E-state index contributed by atoms with van der Waals surface area (Å²) < 4.78 is 27.0. The molecule has 0 aliphatic heterocycles. The molecule has 0 aromatic rings. The summed E-state index contributed by atoms with van der Waals surface area (Å²) in [6.07, 6.45) is 10.1. The first kappa shape index (κ1) is 22.4. The summed E-state index contributed by atoms with van der Waals surface area (Å²) in [5, 5.41) is 15.8. The summed E-state index contributed by atoms with van der Waals surface area (Å²) in [6, 6.07) is 0. The number of aliphatic imine (C=N–C) groups is 1. The molecule has 0 atom stereocenters. The van der Waals surface area contributed by atoms with E-state index in [2.05, 4.69) is 15.4 Å². The van der Waals surface area contributed by atoms with Gasteiger partial charge in [0.1, 0.15) is 0 Å². The fraction of sp³-hybridized carbons (Fsp3) is 0.947. The Morgan fingerprint density at radius 2 is 1.89 bits per heavy atom. The van der Waals surface area contributed by atoms with E-state index in [-0.39, 0.29) is 17.8 Å². The van der Waals surface area contributed by atoms with Gasteiger partial charge in [-0.3, -0.25) is 4.99 Å². The van der Waals surface area contributed by atoms with Gasteiger partial charge in [0.05, 0.1) is 5.75 Å². The maximum atomic E-state index is 12.1. The van der Waals surface area contributed by atoms with Crippen LogP contribution < -0.4 is 15.4 Å². The monoisotopic (exact) mass is 402 g/mol. The minimum atomic E-state index is -3.25. The Morgan fingerprint density at radius 3 is 2.48 bits per heavy atom. The van der Waals surface area contributed by atoms with Gasteiger partial charge in [-0.05, 0) is 50.4 Å². The lowest BCUT2D eigenvalue weighted by Gasteiger charge is -2.35. The van der Waals surface area contributed by atoms with Gasteiger partial charge in [0.25, 0.3) is 0 Å². The fourth-order valence-corrected chi connectivity index (χ4v) is 4.94. The van der Waals surface area contributed by atoms with Crippen LogP contribution in [0.1, 0.15) is 64.7 Å². The molecule has 4 N–H and O–H groups in total. The molecule has 8 heteroatoms. The molecular formula is C19H38N4O3S. The number of hydrogen-bond donors (Lipinski definition) is 4. The van der Waals surface area contributed by atoms with Crippen molar-refractivity contribution in [3.8, 4) is 0 Å². The number of guanidine groups is 1. The molecule has 158 valence electrons. The Balaban J connectivity index is 1.81. The third kappa shape index (κ3) is 7.95. The van der Waals surface area contributed by atoms with E-state index in [4.69, 9.17) is 4.99 Å². The molecule has 0 aromatic carbocycles. The molecule has 2 rings (SSSR count). The number of nitrogens with zero attached hydrogens (tertiary/aromatic N) is 1. The number of nitrogens with one attached hydrogen (secondary N) is 3. The van der Waals surface area contributed by atoms with E-state index in [9.17, 15) is 13.5 Å². The van der Waals surface area contributed by atoms with E-state index in [1.165, 1.54) is 25.7 Å². The third-order valence-corrected chi connectivity index (χ3v) is 7.30. The Kier molecular flexibility index (Phi) is 9.32. The highest BCUT2D eigenvalue weighted by Crippen LogP contribution is 2.39. The quantitative estimate of drug-likeness (QED) is 0.310. The van der Waals surface area contributed by atoms with Crippen molar-refractivity contribution in [3.05, 3.63) is 0 Å². The van der Waals surface area contributed by atoms with Crippen LogP contribution in [-0.2, 0) is 10.0 Å².